The molecule has 1 aliphatic carbocycles. The Hall–Kier alpha value is -2.36. The normalized spacial score (nSPS) is 20.2. The highest BCUT2D eigenvalue weighted by molar-refractivity contribution is 5.99. The second-order valence-electron chi connectivity index (χ2n) is 4.98. The number of hydrogen-bond acceptors (Lipinski definition) is 3. The number of aromatic nitrogens is 1. The van der Waals surface area contributed by atoms with Crippen LogP contribution in [-0.4, -0.2) is 24.0 Å². The van der Waals surface area contributed by atoms with Gasteiger partial charge in [-0.3, -0.25) is 4.79 Å². The number of benzene rings is 1. The van der Waals surface area contributed by atoms with E-state index in [2.05, 4.69) is 27.8 Å². The van der Waals surface area contributed by atoms with Crippen molar-refractivity contribution in [3.8, 4) is 0 Å². The Bertz CT molecular complexity index is 612. The van der Waals surface area contributed by atoms with Gasteiger partial charge in [-0.2, -0.15) is 0 Å². The van der Waals surface area contributed by atoms with Crippen molar-refractivity contribution in [1.29, 1.82) is 0 Å². The first-order valence-corrected chi connectivity index (χ1v) is 6.78. The molecule has 20 heavy (non-hydrogen) atoms. The lowest BCUT2D eigenvalue weighted by molar-refractivity contribution is 0.0951. The second kappa shape index (κ2) is 5.33. The molecular weight excluding hydrogens is 250 g/mol. The minimum absolute atomic E-state index is 0.0640. The maximum atomic E-state index is 12.3. The van der Waals surface area contributed by atoms with Crippen LogP contribution < -0.4 is 10.6 Å². The third-order valence-electron chi connectivity index (χ3n) is 3.62. The molecule has 2 unspecified atom stereocenters. The van der Waals surface area contributed by atoms with Crippen LogP contribution in [0.15, 0.2) is 48.7 Å². The average Bonchev–Trinajstić information content (AvgIpc) is 3.27. The highest BCUT2D eigenvalue weighted by Gasteiger charge is 2.39. The van der Waals surface area contributed by atoms with Gasteiger partial charge in [0.1, 0.15) is 5.82 Å². The van der Waals surface area contributed by atoms with Gasteiger partial charge >= 0.3 is 0 Å². The molecule has 3 rings (SSSR count). The van der Waals surface area contributed by atoms with Crippen molar-refractivity contribution >= 4 is 11.7 Å². The molecule has 0 aliphatic heterocycles. The number of carbonyl (C=O) groups is 1. The Balaban J connectivity index is 1.67. The molecule has 1 aromatic carbocycles. The molecule has 1 heterocycles. The van der Waals surface area contributed by atoms with E-state index in [4.69, 9.17) is 0 Å². The third-order valence-corrected chi connectivity index (χ3v) is 3.62. The van der Waals surface area contributed by atoms with Gasteiger partial charge in [0.15, 0.2) is 0 Å². The van der Waals surface area contributed by atoms with Crippen LogP contribution >= 0.6 is 0 Å². The minimum Gasteiger partial charge on any atom is -0.372 e. The van der Waals surface area contributed by atoms with Gasteiger partial charge in [0.25, 0.3) is 5.91 Å². The van der Waals surface area contributed by atoms with Crippen LogP contribution in [-0.2, 0) is 0 Å². The van der Waals surface area contributed by atoms with Crippen molar-refractivity contribution in [1.82, 2.24) is 10.3 Å². The summed E-state index contributed by atoms with van der Waals surface area (Å²) in [6, 6.07) is 14.1. The summed E-state index contributed by atoms with van der Waals surface area (Å²) in [6.07, 6.45) is 2.68. The predicted molar refractivity (Wildman–Crippen MR) is 78.8 cm³/mol. The number of hydrogen-bond donors (Lipinski definition) is 2. The van der Waals surface area contributed by atoms with E-state index in [1.807, 2.05) is 18.2 Å². The monoisotopic (exact) mass is 267 g/mol. The van der Waals surface area contributed by atoms with E-state index in [1.165, 1.54) is 5.56 Å². The van der Waals surface area contributed by atoms with E-state index in [0.29, 0.717) is 17.3 Å². The maximum Gasteiger partial charge on any atom is 0.255 e. The summed E-state index contributed by atoms with van der Waals surface area (Å²) in [5.41, 5.74) is 1.88. The van der Waals surface area contributed by atoms with Gasteiger partial charge in [0.2, 0.25) is 0 Å². The Kier molecular flexibility index (Phi) is 3.37. The van der Waals surface area contributed by atoms with Crippen molar-refractivity contribution in [2.24, 2.45) is 0 Å². The van der Waals surface area contributed by atoms with Crippen LogP contribution in [0.4, 0.5) is 5.82 Å². The first-order valence-electron chi connectivity index (χ1n) is 6.78. The molecule has 2 aromatic rings. The quantitative estimate of drug-likeness (QED) is 0.894. The van der Waals surface area contributed by atoms with Gasteiger partial charge < -0.3 is 10.6 Å². The lowest BCUT2D eigenvalue weighted by Gasteiger charge is -2.08. The maximum absolute atomic E-state index is 12.3. The number of amides is 1. The van der Waals surface area contributed by atoms with Crippen molar-refractivity contribution in [2.45, 2.75) is 18.4 Å². The van der Waals surface area contributed by atoms with Crippen LogP contribution in [0.5, 0.6) is 0 Å². The lowest BCUT2D eigenvalue weighted by atomic mass is 10.1. The van der Waals surface area contributed by atoms with E-state index in [1.54, 1.807) is 25.4 Å². The smallest absolute Gasteiger partial charge is 0.255 e. The summed E-state index contributed by atoms with van der Waals surface area (Å²) in [5, 5.41) is 6.02. The second-order valence-corrected chi connectivity index (χ2v) is 4.98. The van der Waals surface area contributed by atoms with E-state index in [-0.39, 0.29) is 11.9 Å². The average molecular weight is 267 g/mol. The summed E-state index contributed by atoms with van der Waals surface area (Å²) in [7, 11) is 1.77. The van der Waals surface area contributed by atoms with Gasteiger partial charge in [-0.15, -0.1) is 0 Å². The zero-order valence-electron chi connectivity index (χ0n) is 11.3. The van der Waals surface area contributed by atoms with Gasteiger partial charge in [0, 0.05) is 25.2 Å². The van der Waals surface area contributed by atoms with Crippen molar-refractivity contribution in [3.63, 3.8) is 0 Å². The fourth-order valence-corrected chi connectivity index (χ4v) is 2.46. The topological polar surface area (TPSA) is 54.0 Å². The van der Waals surface area contributed by atoms with Crippen molar-refractivity contribution in [2.75, 3.05) is 12.4 Å². The highest BCUT2D eigenvalue weighted by Crippen LogP contribution is 2.40. The van der Waals surface area contributed by atoms with Crippen LogP contribution in [0, 0.1) is 0 Å². The fourth-order valence-electron chi connectivity index (χ4n) is 2.46. The molecule has 4 nitrogen and oxygen atoms in total. The summed E-state index contributed by atoms with van der Waals surface area (Å²) in [6.45, 7) is 0. The van der Waals surface area contributed by atoms with Crippen LogP contribution in [0.3, 0.4) is 0 Å². The number of rotatable bonds is 4. The fraction of sp³-hybridized carbons (Fsp3) is 0.250. The summed E-state index contributed by atoms with van der Waals surface area (Å²) in [5.74, 6) is 0.989. The first-order chi connectivity index (χ1) is 9.79. The zero-order valence-corrected chi connectivity index (χ0v) is 11.3. The molecule has 2 atom stereocenters. The number of nitrogens with one attached hydrogen (secondary N) is 2. The van der Waals surface area contributed by atoms with Crippen LogP contribution in [0.1, 0.15) is 28.3 Å². The molecule has 0 saturated heterocycles. The van der Waals surface area contributed by atoms with E-state index >= 15 is 0 Å². The molecule has 1 saturated carbocycles. The minimum atomic E-state index is -0.0640. The Morgan fingerprint density at radius 1 is 1.20 bits per heavy atom. The molecule has 102 valence electrons. The highest BCUT2D eigenvalue weighted by atomic mass is 16.1. The summed E-state index contributed by atoms with van der Waals surface area (Å²) < 4.78 is 0. The van der Waals surface area contributed by atoms with E-state index in [0.717, 1.165) is 6.42 Å². The molecule has 1 aliphatic rings. The third kappa shape index (κ3) is 2.50. The molecule has 1 aromatic heterocycles. The van der Waals surface area contributed by atoms with Crippen LogP contribution in [0.2, 0.25) is 0 Å². The van der Waals surface area contributed by atoms with Crippen molar-refractivity contribution in [3.05, 3.63) is 59.8 Å². The molecule has 0 spiro atoms. The van der Waals surface area contributed by atoms with E-state index in [9.17, 15) is 4.79 Å². The number of anilines is 1. The Labute approximate surface area is 118 Å². The molecule has 1 fully saturated rings. The first kappa shape index (κ1) is 12.7. The number of pyridine rings is 1. The lowest BCUT2D eigenvalue weighted by Crippen LogP contribution is -2.27. The van der Waals surface area contributed by atoms with Gasteiger partial charge in [-0.1, -0.05) is 30.3 Å². The molecule has 0 bridgehead atoms. The van der Waals surface area contributed by atoms with Gasteiger partial charge in [-0.05, 0) is 24.1 Å². The molecule has 4 heteroatoms. The summed E-state index contributed by atoms with van der Waals surface area (Å²) in [4.78, 5) is 16.4. The predicted octanol–water partition coefficient (Wildman–Crippen LogP) is 2.41. The zero-order chi connectivity index (χ0) is 13.9. The Morgan fingerprint density at radius 3 is 2.75 bits per heavy atom. The molecule has 2 N–H and O–H groups in total. The standard InChI is InChI=1S/C16H17N3O/c1-17-15-12(8-5-9-18-15)16(20)19-14-10-13(14)11-6-3-2-4-7-11/h2-9,13-14H,10H2,1H3,(H,17,18)(H,19,20). The van der Waals surface area contributed by atoms with E-state index < -0.39 is 0 Å². The largest absolute Gasteiger partial charge is 0.372 e. The van der Waals surface area contributed by atoms with Gasteiger partial charge in [-0.25, -0.2) is 4.98 Å². The molecule has 1 amide bonds. The summed E-state index contributed by atoms with van der Waals surface area (Å²) >= 11 is 0. The van der Waals surface area contributed by atoms with Crippen LogP contribution in [0.25, 0.3) is 0 Å². The Morgan fingerprint density at radius 2 is 2.00 bits per heavy atom. The SMILES string of the molecule is CNc1ncccc1C(=O)NC1CC1c1ccccc1. The molecule has 0 radical (unpaired) electrons. The van der Waals surface area contributed by atoms with Crippen molar-refractivity contribution < 1.29 is 4.79 Å². The number of nitrogens with zero attached hydrogens (tertiary/aromatic N) is 1. The van der Waals surface area contributed by atoms with Gasteiger partial charge in [0.05, 0.1) is 5.56 Å². The number of carbonyl (C=O) groups excluding carboxylic acids is 1. The molecular formula is C16H17N3O.